The van der Waals surface area contributed by atoms with Gasteiger partial charge in [-0.25, -0.2) is 22.5 Å². The number of rotatable bonds is 20. The molecule has 0 aliphatic rings. The number of aryl methyl sites for hydroxylation is 4. The first-order valence-corrected chi connectivity index (χ1v) is 15.1. The molecule has 0 unspecified atom stereocenters. The first-order valence-electron chi connectivity index (χ1n) is 13.7. The van der Waals surface area contributed by atoms with Crippen LogP contribution in [0.2, 0.25) is 0 Å². The van der Waals surface area contributed by atoms with Gasteiger partial charge in [-0.2, -0.15) is 0 Å². The molecule has 0 saturated heterocycles. The molecule has 2 aromatic heterocycles. The standard InChI is InChI=1S/2C13H25N2O3.FH2O3P/c2*1-4-15-7-6-14(2)13(15)5-8-17-11-12-18-10-9-16-3;1-5(2,3)4/h2*6-7H,4-5,8-12H2,1-3H3;(H2,2,3,4)/q2*+1;/p-2. The van der Waals surface area contributed by atoms with Crippen LogP contribution in [0.15, 0.2) is 24.8 Å². The van der Waals surface area contributed by atoms with E-state index in [4.69, 9.17) is 42.8 Å². The van der Waals surface area contributed by atoms with E-state index in [9.17, 15) is 4.20 Å². The van der Waals surface area contributed by atoms with Gasteiger partial charge in [-0.15, -0.1) is 0 Å². The number of aromatic nitrogens is 4. The molecule has 41 heavy (non-hydrogen) atoms. The SMILES string of the molecule is CCn1cc[n+](C)c1CCOCCOCCOC.CCn1cc[n+](C)c1CCOCCOCCOC.O=P([O-])([O-])F. The van der Waals surface area contributed by atoms with Gasteiger partial charge < -0.3 is 42.8 Å². The van der Waals surface area contributed by atoms with Crippen LogP contribution < -0.4 is 18.9 Å². The van der Waals surface area contributed by atoms with Crippen LogP contribution >= 0.6 is 7.91 Å². The molecule has 13 nitrogen and oxygen atoms in total. The minimum Gasteiger partial charge on any atom is -0.786 e. The molecular formula is C26H50FN4O9P. The van der Waals surface area contributed by atoms with Crippen molar-refractivity contribution >= 4 is 7.91 Å². The summed E-state index contributed by atoms with van der Waals surface area (Å²) >= 11 is 0. The monoisotopic (exact) mass is 612 g/mol. The maximum absolute atomic E-state index is 10.1. The summed E-state index contributed by atoms with van der Waals surface area (Å²) in [6.07, 6.45) is 10.2. The van der Waals surface area contributed by atoms with Crippen LogP contribution in [-0.2, 0) is 73.0 Å². The van der Waals surface area contributed by atoms with Gasteiger partial charge in [-0.05, 0) is 13.8 Å². The molecule has 15 heteroatoms. The van der Waals surface area contributed by atoms with Gasteiger partial charge >= 0.3 is 0 Å². The van der Waals surface area contributed by atoms with Crippen molar-refractivity contribution in [1.82, 2.24) is 9.13 Å². The Bertz CT molecular complexity index is 868. The van der Waals surface area contributed by atoms with Gasteiger partial charge in [0.25, 0.3) is 11.6 Å². The molecule has 2 rings (SSSR count). The summed E-state index contributed by atoms with van der Waals surface area (Å²) in [7, 11) is 1.83. The number of ether oxygens (including phenoxy) is 6. The lowest BCUT2D eigenvalue weighted by Crippen LogP contribution is -2.33. The summed E-state index contributed by atoms with van der Waals surface area (Å²) < 4.78 is 58.8. The van der Waals surface area contributed by atoms with Crippen LogP contribution in [0.4, 0.5) is 4.20 Å². The largest absolute Gasteiger partial charge is 0.786 e. The fourth-order valence-corrected chi connectivity index (χ4v) is 3.58. The molecule has 2 aromatic rings. The van der Waals surface area contributed by atoms with Gasteiger partial charge in [0.1, 0.15) is 32.7 Å². The molecular weight excluding hydrogens is 562 g/mol. The van der Waals surface area contributed by atoms with Crippen molar-refractivity contribution in [2.24, 2.45) is 14.1 Å². The molecule has 0 atom stereocenters. The molecule has 0 N–H and O–H groups in total. The van der Waals surface area contributed by atoms with Gasteiger partial charge in [-0.3, -0.25) is 0 Å². The zero-order valence-electron chi connectivity index (χ0n) is 25.5. The Morgan fingerprint density at radius 1 is 0.683 bits per heavy atom. The van der Waals surface area contributed by atoms with Crippen LogP contribution in [0.25, 0.3) is 0 Å². The van der Waals surface area contributed by atoms with Gasteiger partial charge in [0, 0.05) is 14.2 Å². The maximum Gasteiger partial charge on any atom is 0.258 e. The second-order valence-electron chi connectivity index (χ2n) is 8.59. The van der Waals surface area contributed by atoms with Crippen LogP contribution in [0, 0.1) is 0 Å². The molecule has 0 bridgehead atoms. The van der Waals surface area contributed by atoms with Gasteiger partial charge in [-0.1, -0.05) is 0 Å². The Morgan fingerprint density at radius 3 is 1.27 bits per heavy atom. The highest BCUT2D eigenvalue weighted by molar-refractivity contribution is 7.42. The molecule has 240 valence electrons. The van der Waals surface area contributed by atoms with E-state index in [1.54, 1.807) is 14.2 Å². The molecule has 0 amide bonds. The van der Waals surface area contributed by atoms with Crippen LogP contribution in [0.5, 0.6) is 0 Å². The predicted octanol–water partition coefficient (Wildman–Crippen LogP) is -0.106. The molecule has 0 aromatic carbocycles. The molecule has 0 saturated carbocycles. The third-order valence-corrected chi connectivity index (χ3v) is 5.65. The number of nitrogens with zero attached hydrogens (tertiary/aromatic N) is 4. The number of halogens is 1. The Morgan fingerprint density at radius 2 is 0.976 bits per heavy atom. The Kier molecular flexibility index (Phi) is 23.8. The average molecular weight is 613 g/mol. The highest BCUT2D eigenvalue weighted by Gasteiger charge is 2.13. The van der Waals surface area contributed by atoms with Crippen molar-refractivity contribution in [3.63, 3.8) is 0 Å². The number of hydrogen-bond acceptors (Lipinski definition) is 9. The van der Waals surface area contributed by atoms with Crippen molar-refractivity contribution in [2.45, 2.75) is 39.8 Å². The smallest absolute Gasteiger partial charge is 0.258 e. The van der Waals surface area contributed by atoms with E-state index >= 15 is 0 Å². The van der Waals surface area contributed by atoms with Crippen molar-refractivity contribution in [3.05, 3.63) is 36.4 Å². The van der Waals surface area contributed by atoms with Crippen LogP contribution in [0.3, 0.4) is 0 Å². The molecule has 0 fully saturated rings. The van der Waals surface area contributed by atoms with Crippen LogP contribution in [-0.4, -0.2) is 89.4 Å². The number of hydrogen-bond donors (Lipinski definition) is 0. The second kappa shape index (κ2) is 24.8. The lowest BCUT2D eigenvalue weighted by molar-refractivity contribution is -0.679. The average Bonchev–Trinajstić information content (AvgIpc) is 3.47. The quantitative estimate of drug-likeness (QED) is 0.114. The van der Waals surface area contributed by atoms with E-state index in [2.05, 4.69) is 71.0 Å². The Balaban J connectivity index is 0.000000671. The predicted molar refractivity (Wildman–Crippen MR) is 146 cm³/mol. The molecule has 0 radical (unpaired) electrons. The van der Waals surface area contributed by atoms with E-state index in [-0.39, 0.29) is 0 Å². The molecule has 0 aliphatic heterocycles. The summed E-state index contributed by atoms with van der Waals surface area (Å²) in [5, 5.41) is 0. The molecule has 2 heterocycles. The Hall–Kier alpha value is -1.74. The molecule has 0 aliphatic carbocycles. The van der Waals surface area contributed by atoms with Gasteiger partial charge in [0.2, 0.25) is 0 Å². The molecule has 0 spiro atoms. The summed E-state index contributed by atoms with van der Waals surface area (Å²) in [5.74, 6) is 2.58. The minimum absolute atomic E-state index is 0.629. The van der Waals surface area contributed by atoms with E-state index in [1.165, 1.54) is 11.6 Å². The summed E-state index contributed by atoms with van der Waals surface area (Å²) in [6, 6.07) is 0. The fraction of sp³-hybridized carbons (Fsp3) is 0.769. The van der Waals surface area contributed by atoms with Crippen molar-refractivity contribution in [3.8, 4) is 0 Å². The van der Waals surface area contributed by atoms with Gasteiger partial charge in [0.05, 0.1) is 106 Å². The number of imidazole rings is 2. The number of methoxy groups -OCH3 is 2. The zero-order chi connectivity index (χ0) is 30.9. The lowest BCUT2D eigenvalue weighted by atomic mass is 10.4. The van der Waals surface area contributed by atoms with Crippen LogP contribution in [0.1, 0.15) is 25.5 Å². The lowest BCUT2D eigenvalue weighted by Gasteiger charge is -2.15. The summed E-state index contributed by atoms with van der Waals surface area (Å²) in [6.45, 7) is 12.8. The maximum atomic E-state index is 10.1. The second-order valence-corrected chi connectivity index (χ2v) is 9.45. The van der Waals surface area contributed by atoms with Crippen molar-refractivity contribution in [2.75, 3.05) is 80.3 Å². The highest BCUT2D eigenvalue weighted by atomic mass is 31.2. The first kappa shape index (κ1) is 39.3. The third-order valence-electron chi connectivity index (χ3n) is 5.65. The van der Waals surface area contributed by atoms with E-state index < -0.39 is 7.91 Å². The minimum atomic E-state index is -5.64. The van der Waals surface area contributed by atoms with E-state index in [1.807, 2.05) is 0 Å². The van der Waals surface area contributed by atoms with E-state index in [0.29, 0.717) is 52.9 Å². The fourth-order valence-electron chi connectivity index (χ4n) is 3.58. The van der Waals surface area contributed by atoms with E-state index in [0.717, 1.165) is 39.1 Å². The third kappa shape index (κ3) is 21.6. The zero-order valence-corrected chi connectivity index (χ0v) is 26.4. The topological polar surface area (TPSA) is 136 Å². The van der Waals surface area contributed by atoms with Crippen molar-refractivity contribution in [1.29, 1.82) is 0 Å². The Labute approximate surface area is 244 Å². The van der Waals surface area contributed by atoms with Gasteiger partial charge in [0.15, 0.2) is 0 Å². The van der Waals surface area contributed by atoms with Crippen molar-refractivity contribution < 1.29 is 56.1 Å². The summed E-state index contributed by atoms with van der Waals surface area (Å²) in [5.41, 5.74) is 0. The highest BCUT2D eigenvalue weighted by Crippen LogP contribution is 2.22. The first-order chi connectivity index (χ1) is 19.6. The normalized spacial score (nSPS) is 11.1. The summed E-state index contributed by atoms with van der Waals surface area (Å²) in [4.78, 5) is 16.9.